The van der Waals surface area contributed by atoms with E-state index in [1.807, 2.05) is 0 Å². The van der Waals surface area contributed by atoms with Gasteiger partial charge in [-0.25, -0.2) is 18.4 Å². The normalized spacial score (nSPS) is 18.5. The molecule has 1 aliphatic rings. The molecule has 10 heteroatoms. The minimum Gasteiger partial charge on any atom is -0.477 e. The number of halogens is 2. The fraction of sp³-hybridized carbons (Fsp3) is 0.375. The Labute approximate surface area is 161 Å². The number of hydrogen-bond acceptors (Lipinski definition) is 6. The second-order valence-electron chi connectivity index (χ2n) is 5.69. The number of piperidine rings is 1. The lowest BCUT2D eigenvalue weighted by atomic mass is 10.1. The Morgan fingerprint density at radius 1 is 1.19 bits per heavy atom. The third-order valence-electron chi connectivity index (χ3n) is 3.96. The molecule has 1 fully saturated rings. The first-order valence-electron chi connectivity index (χ1n) is 7.88. The van der Waals surface area contributed by atoms with Crippen LogP contribution in [0.2, 0.25) is 10.0 Å². The molecule has 1 aliphatic heterocycles. The van der Waals surface area contributed by atoms with Crippen LogP contribution in [0.25, 0.3) is 0 Å². The van der Waals surface area contributed by atoms with Gasteiger partial charge in [0.05, 0.1) is 18.7 Å². The number of rotatable bonds is 5. The maximum absolute atomic E-state index is 13.0. The number of hydrogen-bond donors (Lipinski definition) is 0. The average Bonchev–Trinajstić information content (AvgIpc) is 2.64. The second kappa shape index (κ2) is 7.96. The molecule has 7 nitrogen and oxygen atoms in total. The number of sulfonamides is 1. The van der Waals surface area contributed by atoms with E-state index in [0.29, 0.717) is 24.4 Å². The van der Waals surface area contributed by atoms with Crippen LogP contribution in [-0.2, 0) is 10.0 Å². The van der Waals surface area contributed by atoms with E-state index in [4.69, 9.17) is 32.7 Å². The lowest BCUT2D eigenvalue weighted by molar-refractivity contribution is 0.119. The van der Waals surface area contributed by atoms with Crippen LogP contribution in [0.15, 0.2) is 35.5 Å². The second-order valence-corrected chi connectivity index (χ2v) is 8.44. The van der Waals surface area contributed by atoms with Crippen LogP contribution in [0.3, 0.4) is 0 Å². The van der Waals surface area contributed by atoms with Crippen molar-refractivity contribution in [2.24, 2.45) is 0 Å². The monoisotopic (exact) mass is 417 g/mol. The summed E-state index contributed by atoms with van der Waals surface area (Å²) >= 11 is 12.0. The zero-order chi connectivity index (χ0) is 18.7. The number of ether oxygens (including phenoxy) is 2. The van der Waals surface area contributed by atoms with E-state index < -0.39 is 10.0 Å². The van der Waals surface area contributed by atoms with Crippen molar-refractivity contribution in [1.29, 1.82) is 0 Å². The Morgan fingerprint density at radius 3 is 2.65 bits per heavy atom. The summed E-state index contributed by atoms with van der Waals surface area (Å²) in [6.45, 7) is 0.549. The molecule has 0 N–H and O–H groups in total. The molecular weight excluding hydrogens is 401 g/mol. The standard InChI is InChI=1S/C16H17Cl2N3O4S/c1-24-15-16(20-7-6-19-15)25-12-3-2-8-21(10-12)26(22,23)14-9-11(17)4-5-13(14)18/h4-7,9,12H,2-3,8,10H2,1H3. The highest BCUT2D eigenvalue weighted by atomic mass is 35.5. The van der Waals surface area contributed by atoms with Gasteiger partial charge in [-0.15, -0.1) is 0 Å². The van der Waals surface area contributed by atoms with Gasteiger partial charge in [-0.1, -0.05) is 23.2 Å². The molecule has 140 valence electrons. The van der Waals surface area contributed by atoms with Crippen LogP contribution in [0.4, 0.5) is 0 Å². The lowest BCUT2D eigenvalue weighted by Gasteiger charge is -2.32. The van der Waals surface area contributed by atoms with Crippen LogP contribution >= 0.6 is 23.2 Å². The molecule has 0 radical (unpaired) electrons. The Kier molecular flexibility index (Phi) is 5.86. The van der Waals surface area contributed by atoms with Crippen LogP contribution in [0.1, 0.15) is 12.8 Å². The summed E-state index contributed by atoms with van der Waals surface area (Å²) < 4.78 is 38.2. The van der Waals surface area contributed by atoms with Crippen molar-refractivity contribution in [2.75, 3.05) is 20.2 Å². The summed E-state index contributed by atoms with van der Waals surface area (Å²) in [5, 5.41) is 0.440. The maximum Gasteiger partial charge on any atom is 0.278 e. The first-order chi connectivity index (χ1) is 12.4. The number of benzene rings is 1. The van der Waals surface area contributed by atoms with Crippen molar-refractivity contribution in [3.8, 4) is 11.8 Å². The summed E-state index contributed by atoms with van der Waals surface area (Å²) in [5.41, 5.74) is 0. The summed E-state index contributed by atoms with van der Waals surface area (Å²) in [5.74, 6) is 0.491. The van der Waals surface area contributed by atoms with Gasteiger partial charge in [-0.2, -0.15) is 4.31 Å². The Hall–Kier alpha value is -1.61. The van der Waals surface area contributed by atoms with Gasteiger partial charge in [0, 0.05) is 24.0 Å². The molecule has 1 saturated heterocycles. The SMILES string of the molecule is COc1nccnc1OC1CCCN(S(=O)(=O)c2cc(Cl)ccc2Cl)C1. The number of methoxy groups -OCH3 is 1. The molecule has 0 aliphatic carbocycles. The molecule has 1 aromatic carbocycles. The summed E-state index contributed by atoms with van der Waals surface area (Å²) in [6.07, 6.45) is 3.94. The highest BCUT2D eigenvalue weighted by molar-refractivity contribution is 7.89. The quantitative estimate of drug-likeness (QED) is 0.743. The van der Waals surface area contributed by atoms with Crippen LogP contribution in [-0.4, -0.2) is 49.0 Å². The van der Waals surface area contributed by atoms with E-state index in [1.54, 1.807) is 6.07 Å². The van der Waals surface area contributed by atoms with Gasteiger partial charge in [0.15, 0.2) is 0 Å². The van der Waals surface area contributed by atoms with E-state index >= 15 is 0 Å². The molecule has 1 atom stereocenters. The van der Waals surface area contributed by atoms with Crippen molar-refractivity contribution in [3.05, 3.63) is 40.6 Å². The predicted octanol–water partition coefficient (Wildman–Crippen LogP) is 3.02. The van der Waals surface area contributed by atoms with Gasteiger partial charge in [0.2, 0.25) is 10.0 Å². The van der Waals surface area contributed by atoms with Crippen molar-refractivity contribution in [3.63, 3.8) is 0 Å². The molecule has 2 heterocycles. The predicted molar refractivity (Wildman–Crippen MR) is 97.5 cm³/mol. The largest absolute Gasteiger partial charge is 0.477 e. The summed E-state index contributed by atoms with van der Waals surface area (Å²) in [7, 11) is -2.32. The molecule has 26 heavy (non-hydrogen) atoms. The maximum atomic E-state index is 13.0. The highest BCUT2D eigenvalue weighted by Gasteiger charge is 2.33. The minimum atomic E-state index is -3.79. The molecule has 0 saturated carbocycles. The van der Waals surface area contributed by atoms with Crippen LogP contribution in [0, 0.1) is 0 Å². The van der Waals surface area contributed by atoms with E-state index in [2.05, 4.69) is 9.97 Å². The Bertz CT molecular complexity index is 895. The molecule has 1 aromatic heterocycles. The molecule has 0 amide bonds. The molecule has 3 rings (SSSR count). The van der Waals surface area contributed by atoms with Crippen LogP contribution in [0.5, 0.6) is 11.8 Å². The number of aromatic nitrogens is 2. The third kappa shape index (κ3) is 4.03. The zero-order valence-corrected chi connectivity index (χ0v) is 16.3. The molecule has 0 spiro atoms. The Morgan fingerprint density at radius 2 is 1.92 bits per heavy atom. The first kappa shape index (κ1) is 19.2. The fourth-order valence-corrected chi connectivity index (χ4v) is 4.97. The minimum absolute atomic E-state index is 0.00981. The van der Waals surface area contributed by atoms with Crippen molar-refractivity contribution in [1.82, 2.24) is 14.3 Å². The summed E-state index contributed by atoms with van der Waals surface area (Å²) in [4.78, 5) is 8.11. The van der Waals surface area contributed by atoms with Crippen LogP contribution < -0.4 is 9.47 Å². The topological polar surface area (TPSA) is 81.6 Å². The van der Waals surface area contributed by atoms with Crippen molar-refractivity contribution >= 4 is 33.2 Å². The number of nitrogens with zero attached hydrogens (tertiary/aromatic N) is 3. The van der Waals surface area contributed by atoms with Crippen molar-refractivity contribution < 1.29 is 17.9 Å². The molecule has 2 aromatic rings. The van der Waals surface area contributed by atoms with E-state index in [0.717, 1.165) is 0 Å². The van der Waals surface area contributed by atoms with Gasteiger partial charge in [-0.05, 0) is 31.0 Å². The molecule has 1 unspecified atom stereocenters. The molecular formula is C16H17Cl2N3O4S. The van der Waals surface area contributed by atoms with E-state index in [1.165, 1.54) is 35.9 Å². The van der Waals surface area contributed by atoms with E-state index in [9.17, 15) is 8.42 Å². The van der Waals surface area contributed by atoms with E-state index in [-0.39, 0.29) is 34.3 Å². The average molecular weight is 418 g/mol. The van der Waals surface area contributed by atoms with Gasteiger partial charge in [0.25, 0.3) is 11.8 Å². The lowest BCUT2D eigenvalue weighted by Crippen LogP contribution is -2.44. The Balaban J connectivity index is 1.80. The van der Waals surface area contributed by atoms with Gasteiger partial charge in [0.1, 0.15) is 11.0 Å². The smallest absolute Gasteiger partial charge is 0.278 e. The highest BCUT2D eigenvalue weighted by Crippen LogP contribution is 2.30. The zero-order valence-electron chi connectivity index (χ0n) is 13.9. The first-order valence-corrected chi connectivity index (χ1v) is 10.1. The fourth-order valence-electron chi connectivity index (χ4n) is 2.72. The third-order valence-corrected chi connectivity index (χ3v) is 6.54. The molecule has 0 bridgehead atoms. The van der Waals surface area contributed by atoms with Gasteiger partial charge in [-0.3, -0.25) is 0 Å². The summed E-state index contributed by atoms with van der Waals surface area (Å²) in [6, 6.07) is 4.37. The van der Waals surface area contributed by atoms with Crippen molar-refractivity contribution in [2.45, 2.75) is 23.8 Å². The van der Waals surface area contributed by atoms with Gasteiger partial charge >= 0.3 is 0 Å². The van der Waals surface area contributed by atoms with Gasteiger partial charge < -0.3 is 9.47 Å².